The molecule has 1 atom stereocenters. The topological polar surface area (TPSA) is 121 Å². The van der Waals surface area contributed by atoms with Crippen molar-refractivity contribution >= 4 is 10.1 Å². The molecule has 0 aliphatic carbocycles. The van der Waals surface area contributed by atoms with Crippen molar-refractivity contribution in [2.24, 2.45) is 5.73 Å². The van der Waals surface area contributed by atoms with Crippen molar-refractivity contribution in [1.82, 2.24) is 0 Å². The van der Waals surface area contributed by atoms with Gasteiger partial charge in [0.1, 0.15) is 0 Å². The molecule has 0 rings (SSSR count). The summed E-state index contributed by atoms with van der Waals surface area (Å²) < 4.78 is 28.8. The Morgan fingerprint density at radius 1 is 1.25 bits per heavy atom. The molecule has 0 aliphatic heterocycles. The number of aliphatic hydroxyl groups excluding tert-OH is 1. The third kappa shape index (κ3) is 7.89. The molecule has 0 radical (unpaired) electrons. The second-order valence-corrected chi connectivity index (χ2v) is 4.06. The number of nitrogens with two attached hydrogens (primary N) is 1. The van der Waals surface area contributed by atoms with Crippen LogP contribution in [-0.2, 0) is 10.1 Å². The van der Waals surface area contributed by atoms with Crippen molar-refractivity contribution in [3.63, 3.8) is 0 Å². The molecule has 0 aromatic heterocycles. The average Bonchev–Trinajstić information content (AvgIpc) is 1.79. The third-order valence-electron chi connectivity index (χ3n) is 1.22. The highest BCUT2D eigenvalue weighted by Crippen LogP contribution is 1.99. The van der Waals surface area contributed by atoms with Gasteiger partial charge in [0.15, 0.2) is 6.29 Å². The lowest BCUT2D eigenvalue weighted by molar-refractivity contribution is -0.0470. The highest BCUT2D eigenvalue weighted by Gasteiger charge is 2.13. The molecule has 0 saturated carbocycles. The van der Waals surface area contributed by atoms with Crippen LogP contribution in [0.2, 0.25) is 0 Å². The second kappa shape index (κ2) is 4.73. The molecule has 0 saturated heterocycles. The number of rotatable bonds is 5. The molecule has 0 aromatic carbocycles. The quantitative estimate of drug-likeness (QED) is 0.309. The SMILES string of the molecule is NC(CCC(O)O)CS(=O)(=O)O. The second-order valence-electron chi connectivity index (χ2n) is 2.57. The molecule has 5 N–H and O–H groups in total. The average molecular weight is 199 g/mol. The minimum absolute atomic E-state index is 0.00329. The minimum atomic E-state index is -4.06. The molecule has 0 aliphatic rings. The summed E-state index contributed by atoms with van der Waals surface area (Å²) >= 11 is 0. The molecule has 1 unspecified atom stereocenters. The summed E-state index contributed by atoms with van der Waals surface area (Å²) in [5.41, 5.74) is 5.25. The molecule has 0 bridgehead atoms. The van der Waals surface area contributed by atoms with E-state index in [1.165, 1.54) is 0 Å². The van der Waals surface area contributed by atoms with Gasteiger partial charge in [0.2, 0.25) is 0 Å². The van der Waals surface area contributed by atoms with E-state index in [0.717, 1.165) is 0 Å². The van der Waals surface area contributed by atoms with Crippen LogP contribution in [0.4, 0.5) is 0 Å². The van der Waals surface area contributed by atoms with Gasteiger partial charge in [-0.25, -0.2) is 0 Å². The number of hydrogen-bond donors (Lipinski definition) is 4. The van der Waals surface area contributed by atoms with Crippen molar-refractivity contribution in [1.29, 1.82) is 0 Å². The van der Waals surface area contributed by atoms with Crippen LogP contribution in [0.1, 0.15) is 12.8 Å². The molecule has 0 spiro atoms. The van der Waals surface area contributed by atoms with E-state index >= 15 is 0 Å². The van der Waals surface area contributed by atoms with Gasteiger partial charge in [0, 0.05) is 6.04 Å². The van der Waals surface area contributed by atoms with Gasteiger partial charge in [-0.15, -0.1) is 0 Å². The Labute approximate surface area is 70.8 Å². The number of hydrogen-bond acceptors (Lipinski definition) is 5. The van der Waals surface area contributed by atoms with Crippen molar-refractivity contribution in [3.8, 4) is 0 Å². The first-order chi connectivity index (χ1) is 5.31. The Kier molecular flexibility index (Phi) is 4.64. The molecular formula is C5H13NO5S. The monoisotopic (exact) mass is 199 g/mol. The third-order valence-corrected chi connectivity index (χ3v) is 2.07. The summed E-state index contributed by atoms with van der Waals surface area (Å²) in [4.78, 5) is 0. The van der Waals surface area contributed by atoms with Gasteiger partial charge in [-0.3, -0.25) is 4.55 Å². The first kappa shape index (κ1) is 11.8. The zero-order valence-corrected chi connectivity index (χ0v) is 7.24. The van der Waals surface area contributed by atoms with E-state index < -0.39 is 28.2 Å². The van der Waals surface area contributed by atoms with Crippen LogP contribution in [-0.4, -0.2) is 41.3 Å². The smallest absolute Gasteiger partial charge is 0.266 e. The normalized spacial score (nSPS) is 15.1. The first-order valence-corrected chi connectivity index (χ1v) is 4.99. The Balaban J connectivity index is 3.68. The fourth-order valence-electron chi connectivity index (χ4n) is 0.717. The zero-order valence-electron chi connectivity index (χ0n) is 6.42. The fraction of sp³-hybridized carbons (Fsp3) is 1.00. The van der Waals surface area contributed by atoms with E-state index in [-0.39, 0.29) is 12.8 Å². The maximum absolute atomic E-state index is 10.2. The predicted molar refractivity (Wildman–Crippen MR) is 41.9 cm³/mol. The summed E-state index contributed by atoms with van der Waals surface area (Å²) in [6.07, 6.45) is -1.36. The van der Waals surface area contributed by atoms with Crippen molar-refractivity contribution in [2.75, 3.05) is 5.75 Å². The van der Waals surface area contributed by atoms with Gasteiger partial charge >= 0.3 is 0 Å². The molecule has 0 aromatic rings. The van der Waals surface area contributed by atoms with Crippen molar-refractivity contribution in [2.45, 2.75) is 25.2 Å². The highest BCUT2D eigenvalue weighted by molar-refractivity contribution is 7.85. The van der Waals surface area contributed by atoms with E-state index in [9.17, 15) is 8.42 Å². The zero-order chi connectivity index (χ0) is 9.78. The lowest BCUT2D eigenvalue weighted by Crippen LogP contribution is -2.30. The maximum Gasteiger partial charge on any atom is 0.266 e. The Morgan fingerprint density at radius 2 is 1.75 bits per heavy atom. The minimum Gasteiger partial charge on any atom is -0.368 e. The van der Waals surface area contributed by atoms with Gasteiger partial charge in [0.05, 0.1) is 5.75 Å². The fourth-order valence-corrected chi connectivity index (χ4v) is 1.42. The summed E-state index contributed by atoms with van der Waals surface area (Å²) in [5, 5.41) is 16.8. The largest absolute Gasteiger partial charge is 0.368 e. The van der Waals surface area contributed by atoms with E-state index in [1.807, 2.05) is 0 Å². The van der Waals surface area contributed by atoms with Crippen LogP contribution in [0.5, 0.6) is 0 Å². The molecule has 0 heterocycles. The lowest BCUT2D eigenvalue weighted by Gasteiger charge is -2.09. The van der Waals surface area contributed by atoms with Crippen LogP contribution < -0.4 is 5.73 Å². The van der Waals surface area contributed by atoms with E-state index in [2.05, 4.69) is 0 Å². The standard InChI is InChI=1S/C5H13NO5S/c6-4(1-2-5(7)8)3-12(9,10)11/h4-5,7-8H,1-3,6H2,(H,9,10,11). The predicted octanol–water partition coefficient (Wildman–Crippen LogP) is -1.71. The van der Waals surface area contributed by atoms with Crippen LogP contribution in [0.25, 0.3) is 0 Å². The maximum atomic E-state index is 10.2. The van der Waals surface area contributed by atoms with Crippen LogP contribution in [0.15, 0.2) is 0 Å². The molecule has 12 heavy (non-hydrogen) atoms. The Morgan fingerprint density at radius 3 is 2.08 bits per heavy atom. The molecular weight excluding hydrogens is 186 g/mol. The Bertz CT molecular complexity index is 212. The van der Waals surface area contributed by atoms with Crippen molar-refractivity contribution in [3.05, 3.63) is 0 Å². The summed E-state index contributed by atoms with van der Waals surface area (Å²) in [6.45, 7) is 0. The van der Waals surface area contributed by atoms with Gasteiger partial charge < -0.3 is 15.9 Å². The number of aliphatic hydroxyl groups is 2. The molecule has 0 fully saturated rings. The van der Waals surface area contributed by atoms with Gasteiger partial charge in [-0.1, -0.05) is 0 Å². The first-order valence-electron chi connectivity index (χ1n) is 3.38. The summed E-state index contributed by atoms with van der Waals surface area (Å²) in [7, 11) is -4.06. The summed E-state index contributed by atoms with van der Waals surface area (Å²) in [6, 6.07) is -0.762. The molecule has 7 heteroatoms. The Hall–Kier alpha value is -0.210. The van der Waals surface area contributed by atoms with Gasteiger partial charge in [0.25, 0.3) is 10.1 Å². The van der Waals surface area contributed by atoms with E-state index in [1.54, 1.807) is 0 Å². The van der Waals surface area contributed by atoms with E-state index in [0.29, 0.717) is 0 Å². The van der Waals surface area contributed by atoms with Gasteiger partial charge in [-0.05, 0) is 12.8 Å². The summed E-state index contributed by atoms with van der Waals surface area (Å²) in [5.74, 6) is -0.556. The van der Waals surface area contributed by atoms with Crippen LogP contribution in [0, 0.1) is 0 Å². The molecule has 74 valence electrons. The highest BCUT2D eigenvalue weighted by atomic mass is 32.2. The van der Waals surface area contributed by atoms with Gasteiger partial charge in [-0.2, -0.15) is 8.42 Å². The molecule has 6 nitrogen and oxygen atoms in total. The van der Waals surface area contributed by atoms with Crippen LogP contribution >= 0.6 is 0 Å². The molecule has 0 amide bonds. The van der Waals surface area contributed by atoms with E-state index in [4.69, 9.17) is 20.5 Å². The van der Waals surface area contributed by atoms with Crippen molar-refractivity contribution < 1.29 is 23.2 Å². The lowest BCUT2D eigenvalue weighted by atomic mass is 10.2. The van der Waals surface area contributed by atoms with Crippen LogP contribution in [0.3, 0.4) is 0 Å².